The molecular weight excluding hydrogens is 446 g/mol. The van der Waals surface area contributed by atoms with E-state index in [1.54, 1.807) is 42.5 Å². The van der Waals surface area contributed by atoms with Crippen molar-refractivity contribution in [2.45, 2.75) is 6.92 Å². The van der Waals surface area contributed by atoms with Crippen LogP contribution in [0.15, 0.2) is 72.8 Å². The molecule has 1 aliphatic heterocycles. The van der Waals surface area contributed by atoms with E-state index < -0.39 is 0 Å². The van der Waals surface area contributed by atoms with Gasteiger partial charge in [0.15, 0.2) is 0 Å². The van der Waals surface area contributed by atoms with Crippen molar-refractivity contribution in [1.29, 1.82) is 0 Å². The summed E-state index contributed by atoms with van der Waals surface area (Å²) in [7, 11) is 0. The first-order chi connectivity index (χ1) is 16.9. The van der Waals surface area contributed by atoms with Gasteiger partial charge in [-0.15, -0.1) is 0 Å². The molecule has 4 rings (SSSR count). The van der Waals surface area contributed by atoms with Crippen molar-refractivity contribution in [2.24, 2.45) is 0 Å². The molecule has 180 valence electrons. The zero-order chi connectivity index (χ0) is 24.8. The SMILES string of the molecule is Cc1cccc(NC(=O)c2ccccc2NC(=O)CN2CCN(c3ccccc3[N+](=O)[O-])CC2)c1. The summed E-state index contributed by atoms with van der Waals surface area (Å²) in [6.07, 6.45) is 0. The first-order valence-electron chi connectivity index (χ1n) is 11.4. The van der Waals surface area contributed by atoms with Crippen molar-refractivity contribution in [1.82, 2.24) is 4.90 Å². The lowest BCUT2D eigenvalue weighted by Gasteiger charge is -2.35. The van der Waals surface area contributed by atoms with E-state index in [4.69, 9.17) is 0 Å². The Morgan fingerprint density at radius 3 is 2.37 bits per heavy atom. The minimum atomic E-state index is -0.373. The van der Waals surface area contributed by atoms with Gasteiger partial charge >= 0.3 is 0 Å². The fourth-order valence-electron chi connectivity index (χ4n) is 4.14. The van der Waals surface area contributed by atoms with Crippen LogP contribution in [0.2, 0.25) is 0 Å². The number of hydrogen-bond donors (Lipinski definition) is 2. The lowest BCUT2D eigenvalue weighted by Crippen LogP contribution is -2.48. The molecule has 0 saturated carbocycles. The second-order valence-corrected chi connectivity index (χ2v) is 8.43. The molecule has 0 spiro atoms. The van der Waals surface area contributed by atoms with E-state index in [0.29, 0.717) is 48.8 Å². The Kier molecular flexibility index (Phi) is 7.37. The van der Waals surface area contributed by atoms with Gasteiger partial charge in [-0.1, -0.05) is 36.4 Å². The van der Waals surface area contributed by atoms with Crippen molar-refractivity contribution in [3.63, 3.8) is 0 Å². The largest absolute Gasteiger partial charge is 0.363 e. The van der Waals surface area contributed by atoms with Crippen molar-refractivity contribution < 1.29 is 14.5 Å². The maximum Gasteiger partial charge on any atom is 0.292 e. The predicted molar refractivity (Wildman–Crippen MR) is 136 cm³/mol. The molecule has 1 saturated heterocycles. The molecule has 0 atom stereocenters. The molecule has 1 heterocycles. The Balaban J connectivity index is 1.34. The van der Waals surface area contributed by atoms with Gasteiger partial charge in [0.25, 0.3) is 11.6 Å². The Bertz CT molecular complexity index is 1240. The average molecular weight is 474 g/mol. The number of amides is 2. The zero-order valence-corrected chi connectivity index (χ0v) is 19.4. The van der Waals surface area contributed by atoms with Gasteiger partial charge in [0.1, 0.15) is 5.69 Å². The molecule has 0 aromatic heterocycles. The van der Waals surface area contributed by atoms with Crippen molar-refractivity contribution in [2.75, 3.05) is 48.3 Å². The van der Waals surface area contributed by atoms with Gasteiger partial charge in [-0.3, -0.25) is 24.6 Å². The molecule has 0 unspecified atom stereocenters. The molecule has 0 aliphatic carbocycles. The number of nitro benzene ring substituents is 1. The molecule has 3 aromatic rings. The van der Waals surface area contributed by atoms with Crippen LogP contribution < -0.4 is 15.5 Å². The number of rotatable bonds is 7. The molecule has 3 aromatic carbocycles. The number of benzene rings is 3. The van der Waals surface area contributed by atoms with Gasteiger partial charge in [0.05, 0.1) is 22.7 Å². The number of carbonyl (C=O) groups excluding carboxylic acids is 2. The van der Waals surface area contributed by atoms with Crippen LogP contribution in [-0.4, -0.2) is 54.4 Å². The number of nitro groups is 1. The topological polar surface area (TPSA) is 108 Å². The highest BCUT2D eigenvalue weighted by molar-refractivity contribution is 6.10. The number of anilines is 3. The summed E-state index contributed by atoms with van der Waals surface area (Å²) < 4.78 is 0. The van der Waals surface area contributed by atoms with Crippen molar-refractivity contribution >= 4 is 34.6 Å². The van der Waals surface area contributed by atoms with Gasteiger partial charge < -0.3 is 15.5 Å². The molecule has 9 heteroatoms. The third-order valence-corrected chi connectivity index (χ3v) is 5.88. The standard InChI is InChI=1S/C26H27N5O4/c1-19-7-6-8-20(17-19)27-26(33)21-9-2-3-10-22(21)28-25(32)18-29-13-15-30(16-14-29)23-11-4-5-12-24(23)31(34)35/h2-12,17H,13-16,18H2,1H3,(H,27,33)(H,28,32). The third-order valence-electron chi connectivity index (χ3n) is 5.88. The number of carbonyl (C=O) groups is 2. The molecular formula is C26H27N5O4. The van der Waals surface area contributed by atoms with E-state index in [9.17, 15) is 19.7 Å². The molecule has 0 bridgehead atoms. The Hall–Kier alpha value is -4.24. The van der Waals surface area contributed by atoms with Crippen LogP contribution in [-0.2, 0) is 4.79 Å². The highest BCUT2D eigenvalue weighted by Crippen LogP contribution is 2.28. The monoisotopic (exact) mass is 473 g/mol. The predicted octanol–water partition coefficient (Wildman–Crippen LogP) is 3.92. The minimum Gasteiger partial charge on any atom is -0.363 e. The Morgan fingerprint density at radius 1 is 0.914 bits per heavy atom. The summed E-state index contributed by atoms with van der Waals surface area (Å²) >= 11 is 0. The van der Waals surface area contributed by atoms with Gasteiger partial charge in [0, 0.05) is 37.9 Å². The fraction of sp³-hybridized carbons (Fsp3) is 0.231. The molecule has 2 N–H and O–H groups in total. The summed E-state index contributed by atoms with van der Waals surface area (Å²) in [5.41, 5.74) is 3.22. The van der Waals surface area contributed by atoms with Crippen molar-refractivity contribution in [3.05, 3.63) is 94.0 Å². The summed E-state index contributed by atoms with van der Waals surface area (Å²) in [5.74, 6) is -0.524. The Morgan fingerprint density at radius 2 is 1.63 bits per heavy atom. The van der Waals surface area contributed by atoms with Crippen LogP contribution in [0, 0.1) is 17.0 Å². The van der Waals surface area contributed by atoms with Crippen LogP contribution in [0.1, 0.15) is 15.9 Å². The summed E-state index contributed by atoms with van der Waals surface area (Å²) in [5, 5.41) is 17.1. The number of nitrogens with one attached hydrogen (secondary N) is 2. The van der Waals surface area contributed by atoms with E-state index >= 15 is 0 Å². The first kappa shape index (κ1) is 23.9. The second kappa shape index (κ2) is 10.8. The van der Waals surface area contributed by atoms with Crippen LogP contribution in [0.5, 0.6) is 0 Å². The van der Waals surface area contributed by atoms with E-state index in [-0.39, 0.29) is 29.0 Å². The normalized spacial score (nSPS) is 13.8. The number of aryl methyl sites for hydroxylation is 1. The number of hydrogen-bond acceptors (Lipinski definition) is 6. The van der Waals surface area contributed by atoms with Gasteiger partial charge in [-0.25, -0.2) is 0 Å². The molecule has 35 heavy (non-hydrogen) atoms. The molecule has 0 radical (unpaired) electrons. The quantitative estimate of drug-likeness (QED) is 0.398. The number of para-hydroxylation sites is 3. The maximum absolute atomic E-state index is 12.8. The van der Waals surface area contributed by atoms with Crippen LogP contribution in [0.25, 0.3) is 0 Å². The highest BCUT2D eigenvalue weighted by Gasteiger charge is 2.24. The summed E-state index contributed by atoms with van der Waals surface area (Å²) in [6, 6.07) is 21.1. The number of nitrogens with zero attached hydrogens (tertiary/aromatic N) is 3. The number of piperazine rings is 1. The fourth-order valence-corrected chi connectivity index (χ4v) is 4.14. The van der Waals surface area contributed by atoms with Crippen LogP contribution in [0.4, 0.5) is 22.7 Å². The smallest absolute Gasteiger partial charge is 0.292 e. The molecule has 9 nitrogen and oxygen atoms in total. The van der Waals surface area contributed by atoms with Gasteiger partial charge in [-0.05, 0) is 42.8 Å². The van der Waals surface area contributed by atoms with E-state index in [0.717, 1.165) is 5.56 Å². The Labute approximate surface area is 203 Å². The third kappa shape index (κ3) is 6.01. The van der Waals surface area contributed by atoms with E-state index in [1.165, 1.54) is 6.07 Å². The zero-order valence-electron chi connectivity index (χ0n) is 19.4. The van der Waals surface area contributed by atoms with Crippen LogP contribution >= 0.6 is 0 Å². The maximum atomic E-state index is 12.8. The van der Waals surface area contributed by atoms with Gasteiger partial charge in [0.2, 0.25) is 5.91 Å². The first-order valence-corrected chi connectivity index (χ1v) is 11.4. The van der Waals surface area contributed by atoms with E-state index in [2.05, 4.69) is 10.6 Å². The lowest BCUT2D eigenvalue weighted by atomic mass is 10.1. The van der Waals surface area contributed by atoms with E-state index in [1.807, 2.05) is 41.0 Å². The lowest BCUT2D eigenvalue weighted by molar-refractivity contribution is -0.384. The van der Waals surface area contributed by atoms with Gasteiger partial charge in [-0.2, -0.15) is 0 Å². The minimum absolute atomic E-state index is 0.0826. The second-order valence-electron chi connectivity index (χ2n) is 8.43. The summed E-state index contributed by atoms with van der Waals surface area (Å²) in [4.78, 5) is 40.5. The molecule has 1 aliphatic rings. The highest BCUT2D eigenvalue weighted by atomic mass is 16.6. The van der Waals surface area contributed by atoms with Crippen molar-refractivity contribution in [3.8, 4) is 0 Å². The molecule has 1 fully saturated rings. The summed E-state index contributed by atoms with van der Waals surface area (Å²) in [6.45, 7) is 4.45. The average Bonchev–Trinajstić information content (AvgIpc) is 2.85. The van der Waals surface area contributed by atoms with Crippen LogP contribution in [0.3, 0.4) is 0 Å². The molecule has 2 amide bonds.